The van der Waals surface area contributed by atoms with Gasteiger partial charge in [0, 0.05) is 0 Å². The Kier molecular flexibility index (Phi) is 5.02. The number of nitrogens with one attached hydrogen (secondary N) is 1. The van der Waals surface area contributed by atoms with Crippen molar-refractivity contribution in [3.8, 4) is 11.5 Å². The lowest BCUT2D eigenvalue weighted by Gasteiger charge is -2.23. The maximum atomic E-state index is 6.10. The summed E-state index contributed by atoms with van der Waals surface area (Å²) in [5.41, 5.74) is 1.36. The van der Waals surface area contributed by atoms with Crippen molar-refractivity contribution in [2.45, 2.75) is 51.0 Å². The molecule has 1 aliphatic heterocycles. The molecule has 3 rings (SSSR count). The van der Waals surface area contributed by atoms with Gasteiger partial charge >= 0.3 is 0 Å². The lowest BCUT2D eigenvalue weighted by molar-refractivity contribution is 0.200. The van der Waals surface area contributed by atoms with E-state index in [1.54, 1.807) is 7.11 Å². The van der Waals surface area contributed by atoms with E-state index in [9.17, 15) is 0 Å². The number of benzene rings is 1. The fraction of sp³-hybridized carbons (Fsp3) is 0.667. The van der Waals surface area contributed by atoms with Crippen molar-refractivity contribution in [2.75, 3.05) is 20.2 Å². The van der Waals surface area contributed by atoms with Gasteiger partial charge in [0.05, 0.1) is 13.2 Å². The van der Waals surface area contributed by atoms with E-state index in [2.05, 4.69) is 23.5 Å². The maximum Gasteiger partial charge on any atom is 0.161 e. The van der Waals surface area contributed by atoms with Crippen LogP contribution in [0.2, 0.25) is 0 Å². The molecular weight excluding hydrogens is 262 g/mol. The Morgan fingerprint density at radius 2 is 1.95 bits per heavy atom. The molecule has 1 N–H and O–H groups in total. The first-order chi connectivity index (χ1) is 10.3. The SMILES string of the molecule is COc1cc(CC2CCCNC2)ccc1OC1CCCC1. The van der Waals surface area contributed by atoms with Crippen molar-refractivity contribution in [3.05, 3.63) is 23.8 Å². The van der Waals surface area contributed by atoms with Crippen LogP contribution in [0.15, 0.2) is 18.2 Å². The molecule has 1 unspecified atom stereocenters. The Morgan fingerprint density at radius 1 is 1.10 bits per heavy atom. The van der Waals surface area contributed by atoms with Gasteiger partial charge in [-0.2, -0.15) is 0 Å². The van der Waals surface area contributed by atoms with Crippen LogP contribution in [0.4, 0.5) is 0 Å². The minimum atomic E-state index is 0.382. The van der Waals surface area contributed by atoms with Crippen LogP contribution in [0, 0.1) is 5.92 Å². The van der Waals surface area contributed by atoms with E-state index < -0.39 is 0 Å². The maximum absolute atomic E-state index is 6.10. The van der Waals surface area contributed by atoms with E-state index in [1.165, 1.54) is 50.6 Å². The number of methoxy groups -OCH3 is 1. The largest absolute Gasteiger partial charge is 0.493 e. The first-order valence-electron chi connectivity index (χ1n) is 8.39. The van der Waals surface area contributed by atoms with Gasteiger partial charge in [-0.1, -0.05) is 6.07 Å². The van der Waals surface area contributed by atoms with Crippen LogP contribution >= 0.6 is 0 Å². The number of hydrogen-bond donors (Lipinski definition) is 1. The zero-order valence-corrected chi connectivity index (χ0v) is 13.1. The smallest absolute Gasteiger partial charge is 0.161 e. The summed E-state index contributed by atoms with van der Waals surface area (Å²) in [6, 6.07) is 6.48. The minimum Gasteiger partial charge on any atom is -0.493 e. The second-order valence-electron chi connectivity index (χ2n) is 6.43. The van der Waals surface area contributed by atoms with Crippen LogP contribution in [-0.2, 0) is 6.42 Å². The highest BCUT2D eigenvalue weighted by atomic mass is 16.5. The van der Waals surface area contributed by atoms with E-state index in [4.69, 9.17) is 9.47 Å². The monoisotopic (exact) mass is 289 g/mol. The molecule has 0 amide bonds. The van der Waals surface area contributed by atoms with Gasteiger partial charge in [0.15, 0.2) is 11.5 Å². The standard InChI is InChI=1S/C18H27NO2/c1-20-18-12-14(11-15-5-4-10-19-13-15)8-9-17(18)21-16-6-2-3-7-16/h8-9,12,15-16,19H,2-7,10-11,13H2,1H3. The Hall–Kier alpha value is -1.22. The molecule has 0 bridgehead atoms. The van der Waals surface area contributed by atoms with E-state index in [0.29, 0.717) is 6.10 Å². The van der Waals surface area contributed by atoms with E-state index >= 15 is 0 Å². The molecule has 1 aliphatic carbocycles. The van der Waals surface area contributed by atoms with Gasteiger partial charge in [-0.15, -0.1) is 0 Å². The van der Waals surface area contributed by atoms with Crippen LogP contribution in [0.3, 0.4) is 0 Å². The van der Waals surface area contributed by atoms with Gasteiger partial charge < -0.3 is 14.8 Å². The molecule has 3 nitrogen and oxygen atoms in total. The van der Waals surface area contributed by atoms with Crippen LogP contribution in [0.1, 0.15) is 44.1 Å². The summed E-state index contributed by atoms with van der Waals surface area (Å²) in [6.45, 7) is 2.32. The van der Waals surface area contributed by atoms with Crippen molar-refractivity contribution in [1.82, 2.24) is 5.32 Å². The van der Waals surface area contributed by atoms with Crippen molar-refractivity contribution in [2.24, 2.45) is 5.92 Å². The first kappa shape index (κ1) is 14.7. The second kappa shape index (κ2) is 7.17. The highest BCUT2D eigenvalue weighted by Gasteiger charge is 2.19. The minimum absolute atomic E-state index is 0.382. The highest BCUT2D eigenvalue weighted by molar-refractivity contribution is 5.43. The molecule has 1 aromatic rings. The number of hydrogen-bond acceptors (Lipinski definition) is 3. The number of ether oxygens (including phenoxy) is 2. The van der Waals surface area contributed by atoms with Crippen molar-refractivity contribution < 1.29 is 9.47 Å². The highest BCUT2D eigenvalue weighted by Crippen LogP contribution is 2.33. The zero-order valence-electron chi connectivity index (χ0n) is 13.1. The molecule has 1 aromatic carbocycles. The van der Waals surface area contributed by atoms with Crippen LogP contribution in [0.25, 0.3) is 0 Å². The lowest BCUT2D eigenvalue weighted by atomic mass is 9.92. The summed E-state index contributed by atoms with van der Waals surface area (Å²) < 4.78 is 11.6. The molecular formula is C18H27NO2. The third kappa shape index (κ3) is 3.91. The average Bonchev–Trinajstić information content (AvgIpc) is 3.03. The summed E-state index contributed by atoms with van der Waals surface area (Å²) in [7, 11) is 1.74. The van der Waals surface area contributed by atoms with Crippen molar-refractivity contribution in [1.29, 1.82) is 0 Å². The molecule has 0 radical (unpaired) electrons. The molecule has 0 aromatic heterocycles. The molecule has 1 saturated heterocycles. The lowest BCUT2D eigenvalue weighted by Crippen LogP contribution is -2.30. The fourth-order valence-corrected chi connectivity index (χ4v) is 3.55. The Morgan fingerprint density at radius 3 is 2.67 bits per heavy atom. The Labute approximate surface area is 128 Å². The first-order valence-corrected chi connectivity index (χ1v) is 8.39. The molecule has 1 heterocycles. The third-order valence-electron chi connectivity index (χ3n) is 4.75. The molecule has 2 aliphatic rings. The van der Waals surface area contributed by atoms with Gasteiger partial charge in [-0.05, 0) is 81.6 Å². The predicted molar refractivity (Wildman–Crippen MR) is 85.2 cm³/mol. The normalized spacial score (nSPS) is 23.2. The molecule has 0 spiro atoms. The molecule has 1 atom stereocenters. The summed E-state index contributed by atoms with van der Waals surface area (Å²) in [4.78, 5) is 0. The average molecular weight is 289 g/mol. The molecule has 2 fully saturated rings. The van der Waals surface area contributed by atoms with Crippen LogP contribution < -0.4 is 14.8 Å². The van der Waals surface area contributed by atoms with Crippen molar-refractivity contribution >= 4 is 0 Å². The summed E-state index contributed by atoms with van der Waals surface area (Å²) in [5.74, 6) is 2.56. The van der Waals surface area contributed by atoms with E-state index in [0.717, 1.165) is 30.4 Å². The second-order valence-corrected chi connectivity index (χ2v) is 6.43. The molecule has 21 heavy (non-hydrogen) atoms. The predicted octanol–water partition coefficient (Wildman–Crippen LogP) is 3.56. The molecule has 3 heteroatoms. The Bertz CT molecular complexity index is 449. The molecule has 116 valence electrons. The Balaban J connectivity index is 1.65. The van der Waals surface area contributed by atoms with Gasteiger partial charge in [0.25, 0.3) is 0 Å². The third-order valence-corrected chi connectivity index (χ3v) is 4.75. The summed E-state index contributed by atoms with van der Waals surface area (Å²) in [6.07, 6.45) is 9.08. The van der Waals surface area contributed by atoms with Gasteiger partial charge in [-0.25, -0.2) is 0 Å². The quantitative estimate of drug-likeness (QED) is 0.899. The topological polar surface area (TPSA) is 30.5 Å². The van der Waals surface area contributed by atoms with E-state index in [-0.39, 0.29) is 0 Å². The summed E-state index contributed by atoms with van der Waals surface area (Å²) in [5, 5.41) is 3.49. The zero-order chi connectivity index (χ0) is 14.5. The van der Waals surface area contributed by atoms with Gasteiger partial charge in [0.2, 0.25) is 0 Å². The van der Waals surface area contributed by atoms with E-state index in [1.807, 2.05) is 0 Å². The van der Waals surface area contributed by atoms with Crippen LogP contribution in [-0.4, -0.2) is 26.3 Å². The molecule has 1 saturated carbocycles. The number of piperidine rings is 1. The van der Waals surface area contributed by atoms with Crippen LogP contribution in [0.5, 0.6) is 11.5 Å². The van der Waals surface area contributed by atoms with Crippen molar-refractivity contribution in [3.63, 3.8) is 0 Å². The van der Waals surface area contributed by atoms with Gasteiger partial charge in [-0.3, -0.25) is 0 Å². The number of rotatable bonds is 5. The summed E-state index contributed by atoms with van der Waals surface area (Å²) >= 11 is 0. The van der Waals surface area contributed by atoms with Gasteiger partial charge in [0.1, 0.15) is 0 Å². The fourth-order valence-electron chi connectivity index (χ4n) is 3.55.